The molecule has 0 aromatic carbocycles. The highest BCUT2D eigenvalue weighted by Crippen LogP contribution is 2.19. The number of hydrogen-bond donors (Lipinski definition) is 1. The normalized spacial score (nSPS) is 12.7. The topological polar surface area (TPSA) is 58.9 Å². The monoisotopic (exact) mass is 207 g/mol. The first-order chi connectivity index (χ1) is 6.77. The maximum Gasteiger partial charge on any atom is 0.125 e. The number of hydrogen-bond acceptors (Lipinski definition) is 5. The van der Waals surface area contributed by atoms with Gasteiger partial charge in [0, 0.05) is 17.5 Å². The van der Waals surface area contributed by atoms with Crippen LogP contribution in [0.15, 0.2) is 24.5 Å². The molecule has 2 heterocycles. The summed E-state index contributed by atoms with van der Waals surface area (Å²) in [5.41, 5.74) is 2.24. The summed E-state index contributed by atoms with van der Waals surface area (Å²) in [4.78, 5) is 4.11. The molecule has 4 nitrogen and oxygen atoms in total. The van der Waals surface area contributed by atoms with Gasteiger partial charge in [-0.2, -0.15) is 8.75 Å². The number of aryl methyl sites for hydroxylation is 1. The maximum atomic E-state index is 9.84. The molecular weight excluding hydrogens is 198 g/mol. The van der Waals surface area contributed by atoms with Crippen LogP contribution in [0, 0.1) is 6.92 Å². The van der Waals surface area contributed by atoms with Crippen molar-refractivity contribution in [3.63, 3.8) is 0 Å². The Morgan fingerprint density at radius 2 is 2.21 bits per heavy atom. The molecule has 5 heteroatoms. The number of aliphatic hydroxyl groups is 1. The first-order valence-corrected chi connectivity index (χ1v) is 4.88. The molecule has 72 valence electrons. The third kappa shape index (κ3) is 1.78. The quantitative estimate of drug-likeness (QED) is 0.807. The summed E-state index contributed by atoms with van der Waals surface area (Å²) in [6, 6.07) is 3.70. The average Bonchev–Trinajstić information content (AvgIpc) is 2.71. The molecule has 0 aliphatic rings. The molecule has 0 saturated heterocycles. The van der Waals surface area contributed by atoms with Gasteiger partial charge in [-0.15, -0.1) is 0 Å². The molecule has 2 rings (SSSR count). The van der Waals surface area contributed by atoms with E-state index in [0.717, 1.165) is 23.0 Å². The summed E-state index contributed by atoms with van der Waals surface area (Å²) in [5.74, 6) is 0. The number of aliphatic hydroxyl groups excluding tert-OH is 1. The number of rotatable bonds is 2. The smallest absolute Gasteiger partial charge is 0.125 e. The van der Waals surface area contributed by atoms with Crippen molar-refractivity contribution in [2.75, 3.05) is 0 Å². The van der Waals surface area contributed by atoms with Gasteiger partial charge in [0.2, 0.25) is 0 Å². The van der Waals surface area contributed by atoms with Crippen LogP contribution < -0.4 is 0 Å². The first-order valence-electron chi connectivity index (χ1n) is 4.15. The molecule has 0 amide bonds. The minimum absolute atomic E-state index is 0.570. The highest BCUT2D eigenvalue weighted by molar-refractivity contribution is 6.99. The van der Waals surface area contributed by atoms with Crippen LogP contribution in [0.2, 0.25) is 0 Å². The minimum Gasteiger partial charge on any atom is -0.382 e. The van der Waals surface area contributed by atoms with E-state index in [0.29, 0.717) is 5.69 Å². The molecule has 1 unspecified atom stereocenters. The molecule has 0 fully saturated rings. The van der Waals surface area contributed by atoms with Crippen molar-refractivity contribution in [1.82, 2.24) is 13.7 Å². The second-order valence-corrected chi connectivity index (χ2v) is 3.52. The van der Waals surface area contributed by atoms with Crippen molar-refractivity contribution in [2.24, 2.45) is 0 Å². The van der Waals surface area contributed by atoms with Gasteiger partial charge in [-0.25, -0.2) is 0 Å². The van der Waals surface area contributed by atoms with Crippen molar-refractivity contribution in [3.05, 3.63) is 41.5 Å². The molecule has 2 aromatic rings. The Morgan fingerprint density at radius 3 is 2.79 bits per heavy atom. The molecule has 0 spiro atoms. The molecule has 0 aliphatic carbocycles. The highest BCUT2D eigenvalue weighted by Gasteiger charge is 2.12. The van der Waals surface area contributed by atoms with Crippen LogP contribution in [0.25, 0.3) is 0 Å². The van der Waals surface area contributed by atoms with Gasteiger partial charge in [0.05, 0.1) is 17.9 Å². The molecule has 14 heavy (non-hydrogen) atoms. The van der Waals surface area contributed by atoms with Crippen LogP contribution in [-0.4, -0.2) is 18.8 Å². The Balaban J connectivity index is 2.28. The summed E-state index contributed by atoms with van der Waals surface area (Å²) in [6.07, 6.45) is 2.50. The summed E-state index contributed by atoms with van der Waals surface area (Å²) < 4.78 is 7.80. The van der Waals surface area contributed by atoms with Crippen LogP contribution in [0.1, 0.15) is 23.1 Å². The zero-order chi connectivity index (χ0) is 9.97. The van der Waals surface area contributed by atoms with E-state index >= 15 is 0 Å². The third-order valence-corrected chi connectivity index (χ3v) is 2.40. The number of aromatic nitrogens is 3. The summed E-state index contributed by atoms with van der Waals surface area (Å²) in [5, 5.41) is 9.84. The fourth-order valence-electron chi connectivity index (χ4n) is 1.10. The van der Waals surface area contributed by atoms with E-state index in [2.05, 4.69) is 13.7 Å². The SMILES string of the molecule is Cc1ccc(C(O)c2cnsn2)cn1. The molecule has 0 radical (unpaired) electrons. The van der Waals surface area contributed by atoms with E-state index in [9.17, 15) is 5.11 Å². The standard InChI is InChI=1S/C9H9N3OS/c1-6-2-3-7(4-10-6)9(13)8-5-11-14-12-8/h2-5,9,13H,1H3. The van der Waals surface area contributed by atoms with Gasteiger partial charge in [-0.1, -0.05) is 6.07 Å². The van der Waals surface area contributed by atoms with Gasteiger partial charge in [-0.05, 0) is 13.0 Å². The lowest BCUT2D eigenvalue weighted by Crippen LogP contribution is -2.00. The maximum absolute atomic E-state index is 9.84. The zero-order valence-corrected chi connectivity index (χ0v) is 8.40. The van der Waals surface area contributed by atoms with Crippen LogP contribution >= 0.6 is 11.7 Å². The van der Waals surface area contributed by atoms with E-state index < -0.39 is 6.10 Å². The Labute approximate surface area is 85.6 Å². The lowest BCUT2D eigenvalue weighted by molar-refractivity contribution is 0.216. The second-order valence-electron chi connectivity index (χ2n) is 2.97. The lowest BCUT2D eigenvalue weighted by Gasteiger charge is -2.06. The Kier molecular flexibility index (Phi) is 2.51. The van der Waals surface area contributed by atoms with Crippen LogP contribution in [0.3, 0.4) is 0 Å². The van der Waals surface area contributed by atoms with E-state index in [1.807, 2.05) is 19.1 Å². The fourth-order valence-corrected chi connectivity index (χ4v) is 1.55. The van der Waals surface area contributed by atoms with Gasteiger partial charge in [0.25, 0.3) is 0 Å². The lowest BCUT2D eigenvalue weighted by atomic mass is 10.1. The Morgan fingerprint density at radius 1 is 1.36 bits per heavy atom. The molecule has 0 bridgehead atoms. The summed E-state index contributed by atoms with van der Waals surface area (Å²) >= 11 is 1.09. The van der Waals surface area contributed by atoms with Crippen LogP contribution in [-0.2, 0) is 0 Å². The Hall–Kier alpha value is -1.33. The van der Waals surface area contributed by atoms with E-state index in [1.54, 1.807) is 12.4 Å². The summed E-state index contributed by atoms with van der Waals surface area (Å²) in [6.45, 7) is 1.90. The van der Waals surface area contributed by atoms with Gasteiger partial charge in [0.1, 0.15) is 11.8 Å². The largest absolute Gasteiger partial charge is 0.382 e. The molecule has 0 aliphatic heterocycles. The first kappa shape index (κ1) is 9.23. The number of pyridine rings is 1. The molecule has 0 saturated carbocycles. The predicted octanol–water partition coefficient (Wildman–Crippen LogP) is 1.32. The number of nitrogens with zero attached hydrogens (tertiary/aromatic N) is 3. The minimum atomic E-state index is -0.721. The second kappa shape index (κ2) is 3.81. The third-order valence-electron chi connectivity index (χ3n) is 1.91. The molecule has 1 atom stereocenters. The average molecular weight is 207 g/mol. The van der Waals surface area contributed by atoms with Gasteiger partial charge in [0.15, 0.2) is 0 Å². The van der Waals surface area contributed by atoms with Crippen molar-refractivity contribution < 1.29 is 5.11 Å². The van der Waals surface area contributed by atoms with Crippen molar-refractivity contribution >= 4 is 11.7 Å². The van der Waals surface area contributed by atoms with Crippen LogP contribution in [0.5, 0.6) is 0 Å². The van der Waals surface area contributed by atoms with Gasteiger partial charge >= 0.3 is 0 Å². The van der Waals surface area contributed by atoms with Crippen LogP contribution in [0.4, 0.5) is 0 Å². The fraction of sp³-hybridized carbons (Fsp3) is 0.222. The van der Waals surface area contributed by atoms with Crippen molar-refractivity contribution in [2.45, 2.75) is 13.0 Å². The van der Waals surface area contributed by atoms with Crippen molar-refractivity contribution in [1.29, 1.82) is 0 Å². The van der Waals surface area contributed by atoms with Crippen molar-refractivity contribution in [3.8, 4) is 0 Å². The highest BCUT2D eigenvalue weighted by atomic mass is 32.1. The molecule has 2 aromatic heterocycles. The Bertz CT molecular complexity index is 399. The van der Waals surface area contributed by atoms with E-state index in [4.69, 9.17) is 0 Å². The predicted molar refractivity (Wildman–Crippen MR) is 52.9 cm³/mol. The summed E-state index contributed by atoms with van der Waals surface area (Å²) in [7, 11) is 0. The van der Waals surface area contributed by atoms with E-state index in [1.165, 1.54) is 0 Å². The molecule has 1 N–H and O–H groups in total. The zero-order valence-electron chi connectivity index (χ0n) is 7.58. The van der Waals surface area contributed by atoms with Gasteiger partial charge < -0.3 is 5.11 Å². The van der Waals surface area contributed by atoms with E-state index in [-0.39, 0.29) is 0 Å². The van der Waals surface area contributed by atoms with Gasteiger partial charge in [-0.3, -0.25) is 4.98 Å². The molecular formula is C9H9N3OS.